The van der Waals surface area contributed by atoms with Gasteiger partial charge in [-0.05, 0) is 46.2 Å². The third kappa shape index (κ3) is 3.81. The number of allylic oxidation sites excluding steroid dienone is 1. The van der Waals surface area contributed by atoms with Gasteiger partial charge in [-0.3, -0.25) is 0 Å². The van der Waals surface area contributed by atoms with Crippen LogP contribution in [0, 0.1) is 0 Å². The van der Waals surface area contributed by atoms with Gasteiger partial charge in [0.05, 0.1) is 0 Å². The molecule has 14 heavy (non-hydrogen) atoms. The zero-order chi connectivity index (χ0) is 10.6. The predicted molar refractivity (Wildman–Crippen MR) is 55.8 cm³/mol. The average molecular weight is 197 g/mol. The first-order chi connectivity index (χ1) is 6.49. The van der Waals surface area contributed by atoms with Crippen LogP contribution in [0.15, 0.2) is 12.3 Å². The van der Waals surface area contributed by atoms with Gasteiger partial charge >= 0.3 is 5.97 Å². The van der Waals surface area contributed by atoms with Crippen molar-refractivity contribution in [3.05, 3.63) is 12.3 Å². The van der Waals surface area contributed by atoms with Crippen molar-refractivity contribution in [1.82, 2.24) is 5.32 Å². The molecule has 1 unspecified atom stereocenters. The van der Waals surface area contributed by atoms with E-state index < -0.39 is 5.60 Å². The molecule has 3 heteroatoms. The largest absolute Gasteiger partial charge is 0.458 e. The molecular formula is C11H19NO2. The third-order valence-electron chi connectivity index (χ3n) is 1.97. The van der Waals surface area contributed by atoms with E-state index in [1.165, 1.54) is 0 Å². The Kier molecular flexibility index (Phi) is 3.55. The van der Waals surface area contributed by atoms with Crippen LogP contribution in [0.3, 0.4) is 0 Å². The number of esters is 1. The van der Waals surface area contributed by atoms with Gasteiger partial charge in [0.25, 0.3) is 0 Å². The van der Waals surface area contributed by atoms with E-state index in [9.17, 15) is 4.79 Å². The van der Waals surface area contributed by atoms with E-state index in [0.717, 1.165) is 19.3 Å². The lowest BCUT2D eigenvalue weighted by atomic mass is 10.1. The fraction of sp³-hybridized carbons (Fsp3) is 0.727. The van der Waals surface area contributed by atoms with Gasteiger partial charge in [0.2, 0.25) is 0 Å². The van der Waals surface area contributed by atoms with Crippen molar-refractivity contribution in [1.29, 1.82) is 0 Å². The van der Waals surface area contributed by atoms with Crippen LogP contribution in [0.1, 0.15) is 40.0 Å². The predicted octanol–water partition coefficient (Wildman–Crippen LogP) is 1.98. The Bertz CT molecular complexity index is 228. The Morgan fingerprint density at radius 1 is 1.50 bits per heavy atom. The Balaban J connectivity index is 2.47. The number of ether oxygens (including phenoxy) is 1. The molecule has 0 fully saturated rings. The number of hydrogen-bond donors (Lipinski definition) is 1. The molecule has 0 aliphatic carbocycles. The molecule has 0 amide bonds. The Labute approximate surface area is 85.5 Å². The summed E-state index contributed by atoms with van der Waals surface area (Å²) in [5.74, 6) is -0.149. The Hall–Kier alpha value is -0.990. The number of carbonyl (C=O) groups is 1. The second-order valence-electron chi connectivity index (χ2n) is 4.59. The van der Waals surface area contributed by atoms with Crippen LogP contribution in [-0.4, -0.2) is 17.6 Å². The maximum absolute atomic E-state index is 11.6. The molecule has 1 aliphatic heterocycles. The van der Waals surface area contributed by atoms with Crippen molar-refractivity contribution in [2.24, 2.45) is 0 Å². The highest BCUT2D eigenvalue weighted by Gasteiger charge is 2.24. The topological polar surface area (TPSA) is 38.3 Å². The van der Waals surface area contributed by atoms with Gasteiger partial charge in [-0.25, -0.2) is 4.79 Å². The van der Waals surface area contributed by atoms with Crippen LogP contribution in [0.4, 0.5) is 0 Å². The van der Waals surface area contributed by atoms with Gasteiger partial charge < -0.3 is 10.1 Å². The number of hydrogen-bond acceptors (Lipinski definition) is 3. The van der Waals surface area contributed by atoms with Gasteiger partial charge in [-0.15, -0.1) is 0 Å². The van der Waals surface area contributed by atoms with Gasteiger partial charge in [0.15, 0.2) is 0 Å². The summed E-state index contributed by atoms with van der Waals surface area (Å²) in [7, 11) is 0. The number of rotatable bonds is 1. The van der Waals surface area contributed by atoms with Crippen LogP contribution in [0.25, 0.3) is 0 Å². The van der Waals surface area contributed by atoms with Crippen LogP contribution < -0.4 is 5.32 Å². The molecule has 1 N–H and O–H groups in total. The minimum absolute atomic E-state index is 0.149. The highest BCUT2D eigenvalue weighted by molar-refractivity contribution is 5.76. The van der Waals surface area contributed by atoms with Gasteiger partial charge in [0.1, 0.15) is 11.6 Å². The van der Waals surface area contributed by atoms with Crippen LogP contribution in [-0.2, 0) is 9.53 Å². The lowest BCUT2D eigenvalue weighted by Crippen LogP contribution is -2.38. The van der Waals surface area contributed by atoms with Gasteiger partial charge in [0, 0.05) is 0 Å². The fourth-order valence-electron chi connectivity index (χ4n) is 1.35. The molecule has 0 saturated heterocycles. The van der Waals surface area contributed by atoms with Crippen molar-refractivity contribution >= 4 is 5.97 Å². The van der Waals surface area contributed by atoms with Crippen LogP contribution >= 0.6 is 0 Å². The van der Waals surface area contributed by atoms with Crippen molar-refractivity contribution in [2.45, 2.75) is 51.7 Å². The molecule has 0 radical (unpaired) electrons. The average Bonchev–Trinajstić information content (AvgIpc) is 2.27. The summed E-state index contributed by atoms with van der Waals surface area (Å²) in [5, 5.41) is 3.05. The maximum Gasteiger partial charge on any atom is 0.329 e. The first-order valence-corrected chi connectivity index (χ1v) is 5.13. The summed E-state index contributed by atoms with van der Waals surface area (Å²) in [6, 6.07) is -0.173. The lowest BCUT2D eigenvalue weighted by molar-refractivity contribution is -0.157. The van der Waals surface area contributed by atoms with E-state index in [2.05, 4.69) is 5.32 Å². The summed E-state index contributed by atoms with van der Waals surface area (Å²) in [4.78, 5) is 11.6. The van der Waals surface area contributed by atoms with E-state index in [0.29, 0.717) is 0 Å². The van der Waals surface area contributed by atoms with E-state index in [1.54, 1.807) is 0 Å². The zero-order valence-electron chi connectivity index (χ0n) is 9.17. The van der Waals surface area contributed by atoms with E-state index in [1.807, 2.05) is 33.0 Å². The minimum atomic E-state index is -0.394. The second-order valence-corrected chi connectivity index (χ2v) is 4.59. The Morgan fingerprint density at radius 2 is 2.21 bits per heavy atom. The lowest BCUT2D eigenvalue weighted by Gasteiger charge is -2.23. The summed E-state index contributed by atoms with van der Waals surface area (Å²) >= 11 is 0. The van der Waals surface area contributed by atoms with E-state index in [4.69, 9.17) is 4.74 Å². The molecule has 1 atom stereocenters. The van der Waals surface area contributed by atoms with Crippen LogP contribution in [0.5, 0.6) is 0 Å². The van der Waals surface area contributed by atoms with E-state index in [-0.39, 0.29) is 12.0 Å². The highest BCUT2D eigenvalue weighted by atomic mass is 16.6. The van der Waals surface area contributed by atoms with E-state index >= 15 is 0 Å². The molecule has 0 aromatic rings. The second kappa shape index (κ2) is 4.49. The molecule has 0 spiro atoms. The van der Waals surface area contributed by atoms with Gasteiger partial charge in [-0.1, -0.05) is 6.08 Å². The molecule has 1 heterocycles. The summed E-state index contributed by atoms with van der Waals surface area (Å²) < 4.78 is 5.30. The zero-order valence-corrected chi connectivity index (χ0v) is 9.17. The van der Waals surface area contributed by atoms with Crippen molar-refractivity contribution in [3.63, 3.8) is 0 Å². The maximum atomic E-state index is 11.6. The first-order valence-electron chi connectivity index (χ1n) is 5.13. The molecule has 1 rings (SSSR count). The molecule has 3 nitrogen and oxygen atoms in total. The quantitative estimate of drug-likeness (QED) is 0.653. The van der Waals surface area contributed by atoms with Crippen molar-refractivity contribution < 1.29 is 9.53 Å². The van der Waals surface area contributed by atoms with Crippen molar-refractivity contribution in [3.8, 4) is 0 Å². The molecule has 0 saturated carbocycles. The summed E-state index contributed by atoms with van der Waals surface area (Å²) in [6.45, 7) is 5.66. The first kappa shape index (κ1) is 11.1. The molecular weight excluding hydrogens is 178 g/mol. The normalized spacial score (nSPS) is 22.4. The highest BCUT2D eigenvalue weighted by Crippen LogP contribution is 2.13. The minimum Gasteiger partial charge on any atom is -0.458 e. The number of carbonyl (C=O) groups excluding carboxylic acids is 1. The molecule has 80 valence electrons. The van der Waals surface area contributed by atoms with Gasteiger partial charge in [-0.2, -0.15) is 0 Å². The fourth-order valence-corrected chi connectivity index (χ4v) is 1.35. The van der Waals surface area contributed by atoms with Crippen molar-refractivity contribution in [2.75, 3.05) is 0 Å². The SMILES string of the molecule is CC(C)(C)OC(=O)C1CCCC=CN1. The number of nitrogens with one attached hydrogen (secondary N) is 1. The third-order valence-corrected chi connectivity index (χ3v) is 1.97. The standard InChI is InChI=1S/C11H19NO2/c1-11(2,3)14-10(13)9-7-5-4-6-8-12-9/h6,8-9,12H,4-5,7H2,1-3H3. The molecule has 0 bridgehead atoms. The smallest absolute Gasteiger partial charge is 0.329 e. The van der Waals surface area contributed by atoms with Crippen LogP contribution in [0.2, 0.25) is 0 Å². The monoisotopic (exact) mass is 197 g/mol. The Morgan fingerprint density at radius 3 is 2.86 bits per heavy atom. The molecule has 0 aromatic heterocycles. The molecule has 1 aliphatic rings. The summed E-state index contributed by atoms with van der Waals surface area (Å²) in [5.41, 5.74) is -0.394. The summed E-state index contributed by atoms with van der Waals surface area (Å²) in [6.07, 6.45) is 6.81. The molecule has 0 aromatic carbocycles.